The van der Waals surface area contributed by atoms with Crippen LogP contribution >= 0.6 is 11.3 Å². The van der Waals surface area contributed by atoms with Gasteiger partial charge >= 0.3 is 0 Å². The molecule has 0 aliphatic carbocycles. The van der Waals surface area contributed by atoms with E-state index in [4.69, 9.17) is 0 Å². The van der Waals surface area contributed by atoms with E-state index in [1.807, 2.05) is 11.6 Å². The van der Waals surface area contributed by atoms with Gasteiger partial charge in [-0.2, -0.15) is 0 Å². The van der Waals surface area contributed by atoms with Crippen LogP contribution in [0.4, 0.5) is 0 Å². The van der Waals surface area contributed by atoms with Crippen LogP contribution in [0, 0.1) is 5.92 Å². The number of rotatable bonds is 6. The zero-order valence-electron chi connectivity index (χ0n) is 8.33. The van der Waals surface area contributed by atoms with Gasteiger partial charge < -0.3 is 10.6 Å². The summed E-state index contributed by atoms with van der Waals surface area (Å²) in [6.45, 7) is 4.65. The van der Waals surface area contributed by atoms with Crippen molar-refractivity contribution < 1.29 is 0 Å². The van der Waals surface area contributed by atoms with E-state index in [2.05, 4.69) is 15.6 Å². The average molecular weight is 211 g/mol. The maximum atomic E-state index is 4.24. The van der Waals surface area contributed by atoms with Crippen LogP contribution in [0.25, 0.3) is 0 Å². The molecule has 4 heteroatoms. The summed E-state index contributed by atoms with van der Waals surface area (Å²) in [6.07, 6.45) is 4.26. The number of hydrogen-bond acceptors (Lipinski definition) is 4. The van der Waals surface area contributed by atoms with E-state index in [0.717, 1.165) is 25.4 Å². The van der Waals surface area contributed by atoms with Crippen LogP contribution in [-0.4, -0.2) is 31.2 Å². The summed E-state index contributed by atoms with van der Waals surface area (Å²) in [5.41, 5.74) is 0. The first-order valence-corrected chi connectivity index (χ1v) is 6.13. The second kappa shape index (κ2) is 5.44. The monoisotopic (exact) mass is 211 g/mol. The Morgan fingerprint density at radius 3 is 3.07 bits per heavy atom. The molecular weight excluding hydrogens is 194 g/mol. The van der Waals surface area contributed by atoms with Gasteiger partial charge in [-0.05, 0) is 32.0 Å². The molecule has 1 fully saturated rings. The van der Waals surface area contributed by atoms with Crippen molar-refractivity contribution in [1.82, 2.24) is 15.6 Å². The van der Waals surface area contributed by atoms with Gasteiger partial charge in [0, 0.05) is 24.5 Å². The molecule has 1 saturated heterocycles. The van der Waals surface area contributed by atoms with Gasteiger partial charge in [0.15, 0.2) is 0 Å². The molecule has 1 aromatic heterocycles. The predicted molar refractivity (Wildman–Crippen MR) is 59.7 cm³/mol. The van der Waals surface area contributed by atoms with Crippen molar-refractivity contribution in [3.05, 3.63) is 16.6 Å². The molecule has 1 aliphatic heterocycles. The molecule has 0 atom stereocenters. The average Bonchev–Trinajstić information content (AvgIpc) is 2.60. The molecule has 78 valence electrons. The van der Waals surface area contributed by atoms with Crippen molar-refractivity contribution in [3.8, 4) is 0 Å². The molecule has 0 unspecified atom stereocenters. The van der Waals surface area contributed by atoms with Crippen molar-refractivity contribution in [3.63, 3.8) is 0 Å². The first-order chi connectivity index (χ1) is 6.95. The van der Waals surface area contributed by atoms with Crippen LogP contribution in [0.5, 0.6) is 0 Å². The third-order valence-electron chi connectivity index (χ3n) is 2.59. The smallest absolute Gasteiger partial charge is 0.0937 e. The number of nitrogens with zero attached hydrogens (tertiary/aromatic N) is 1. The van der Waals surface area contributed by atoms with Crippen molar-refractivity contribution in [2.45, 2.75) is 12.8 Å². The van der Waals surface area contributed by atoms with E-state index in [1.165, 1.54) is 24.5 Å². The quantitative estimate of drug-likeness (QED) is 0.686. The fourth-order valence-electron chi connectivity index (χ4n) is 1.56. The fourth-order valence-corrected chi connectivity index (χ4v) is 2.18. The van der Waals surface area contributed by atoms with Gasteiger partial charge in [0.2, 0.25) is 0 Å². The molecule has 0 spiro atoms. The van der Waals surface area contributed by atoms with E-state index in [-0.39, 0.29) is 0 Å². The second-order valence-corrected chi connectivity index (χ2v) is 4.72. The third-order valence-corrected chi connectivity index (χ3v) is 3.43. The Morgan fingerprint density at radius 1 is 1.50 bits per heavy atom. The molecule has 1 aliphatic rings. The van der Waals surface area contributed by atoms with E-state index < -0.39 is 0 Å². The maximum absolute atomic E-state index is 4.24. The molecule has 0 bridgehead atoms. The van der Waals surface area contributed by atoms with Gasteiger partial charge in [-0.25, -0.2) is 4.98 Å². The van der Waals surface area contributed by atoms with Crippen LogP contribution in [0.2, 0.25) is 0 Å². The van der Waals surface area contributed by atoms with Crippen molar-refractivity contribution >= 4 is 11.3 Å². The summed E-state index contributed by atoms with van der Waals surface area (Å²) >= 11 is 1.74. The van der Waals surface area contributed by atoms with Crippen LogP contribution in [-0.2, 0) is 6.42 Å². The summed E-state index contributed by atoms with van der Waals surface area (Å²) in [5, 5.41) is 10.0. The van der Waals surface area contributed by atoms with Crippen LogP contribution in [0.3, 0.4) is 0 Å². The van der Waals surface area contributed by atoms with Gasteiger partial charge in [0.1, 0.15) is 0 Å². The lowest BCUT2D eigenvalue weighted by Crippen LogP contribution is -2.43. The summed E-state index contributed by atoms with van der Waals surface area (Å²) in [4.78, 5) is 4.24. The van der Waals surface area contributed by atoms with Crippen LogP contribution in [0.1, 0.15) is 11.4 Å². The first-order valence-electron chi connectivity index (χ1n) is 5.25. The number of nitrogens with one attached hydrogen (secondary N) is 2. The summed E-state index contributed by atoms with van der Waals surface area (Å²) < 4.78 is 0. The Labute approximate surface area is 88.9 Å². The normalized spacial score (nSPS) is 16.9. The molecule has 2 heterocycles. The summed E-state index contributed by atoms with van der Waals surface area (Å²) in [7, 11) is 0. The lowest BCUT2D eigenvalue weighted by Gasteiger charge is -2.26. The standard InChI is InChI=1S/C10H17N3S/c1(9-7-12-8-9)3-11-4-2-10-13-5-6-14-10/h5-6,9,11-12H,1-4,7-8H2. The molecule has 0 amide bonds. The Kier molecular flexibility index (Phi) is 3.91. The highest BCUT2D eigenvalue weighted by atomic mass is 32.1. The predicted octanol–water partition coefficient (Wildman–Crippen LogP) is 0.885. The lowest BCUT2D eigenvalue weighted by molar-refractivity contribution is 0.323. The molecule has 2 N–H and O–H groups in total. The Bertz CT molecular complexity index is 244. The fraction of sp³-hybridized carbons (Fsp3) is 0.700. The molecule has 0 radical (unpaired) electrons. The highest BCUT2D eigenvalue weighted by Gasteiger charge is 2.15. The Hall–Kier alpha value is -0.450. The minimum Gasteiger partial charge on any atom is -0.316 e. The molecule has 14 heavy (non-hydrogen) atoms. The van der Waals surface area contributed by atoms with Crippen molar-refractivity contribution in [1.29, 1.82) is 0 Å². The minimum absolute atomic E-state index is 0.919. The molecule has 0 saturated carbocycles. The number of hydrogen-bond donors (Lipinski definition) is 2. The summed E-state index contributed by atoms with van der Waals surface area (Å²) in [5.74, 6) is 0.919. The SMILES string of the molecule is c1csc(CCNCCC2CNC2)n1. The van der Waals surface area contributed by atoms with Gasteiger partial charge in [-0.3, -0.25) is 0 Å². The van der Waals surface area contributed by atoms with E-state index in [1.54, 1.807) is 11.3 Å². The molecular formula is C10H17N3S. The zero-order chi connectivity index (χ0) is 9.64. The van der Waals surface area contributed by atoms with Gasteiger partial charge in [0.05, 0.1) is 5.01 Å². The van der Waals surface area contributed by atoms with Gasteiger partial charge in [-0.1, -0.05) is 0 Å². The number of aromatic nitrogens is 1. The van der Waals surface area contributed by atoms with Crippen LogP contribution in [0.15, 0.2) is 11.6 Å². The zero-order valence-corrected chi connectivity index (χ0v) is 9.15. The van der Waals surface area contributed by atoms with Gasteiger partial charge in [-0.15, -0.1) is 11.3 Å². The Balaban J connectivity index is 1.47. The van der Waals surface area contributed by atoms with E-state index in [0.29, 0.717) is 0 Å². The molecule has 0 aromatic carbocycles. The topological polar surface area (TPSA) is 37.0 Å². The number of thiazole rings is 1. The van der Waals surface area contributed by atoms with Gasteiger partial charge in [0.25, 0.3) is 0 Å². The maximum Gasteiger partial charge on any atom is 0.0937 e. The molecule has 2 rings (SSSR count). The van der Waals surface area contributed by atoms with E-state index >= 15 is 0 Å². The highest BCUT2D eigenvalue weighted by molar-refractivity contribution is 7.09. The molecule has 1 aromatic rings. The van der Waals surface area contributed by atoms with Crippen molar-refractivity contribution in [2.75, 3.05) is 26.2 Å². The third kappa shape index (κ3) is 3.04. The second-order valence-electron chi connectivity index (χ2n) is 3.74. The first kappa shape index (κ1) is 10.1. The van der Waals surface area contributed by atoms with Crippen molar-refractivity contribution in [2.24, 2.45) is 5.92 Å². The highest BCUT2D eigenvalue weighted by Crippen LogP contribution is 2.06. The molecule has 3 nitrogen and oxygen atoms in total. The lowest BCUT2D eigenvalue weighted by atomic mass is 10.00. The minimum atomic E-state index is 0.919. The summed E-state index contributed by atoms with van der Waals surface area (Å²) in [6, 6.07) is 0. The van der Waals surface area contributed by atoms with E-state index in [9.17, 15) is 0 Å². The van der Waals surface area contributed by atoms with Crippen LogP contribution < -0.4 is 10.6 Å². The largest absolute Gasteiger partial charge is 0.316 e. The Morgan fingerprint density at radius 2 is 2.43 bits per heavy atom.